The Morgan fingerprint density at radius 3 is 2.67 bits per heavy atom. The second-order valence-electron chi connectivity index (χ2n) is 8.25. The minimum Gasteiger partial charge on any atom is -0.393 e. The van der Waals surface area contributed by atoms with Gasteiger partial charge in [0.1, 0.15) is 5.82 Å². The van der Waals surface area contributed by atoms with Gasteiger partial charge in [-0.25, -0.2) is 4.39 Å². The van der Waals surface area contributed by atoms with Crippen molar-refractivity contribution in [2.75, 3.05) is 18.0 Å². The maximum absolute atomic E-state index is 14.4. The number of carbonyl (C=O) groups is 1. The van der Waals surface area contributed by atoms with Crippen LogP contribution in [0.5, 0.6) is 0 Å². The van der Waals surface area contributed by atoms with E-state index in [1.807, 2.05) is 15.9 Å². The molecule has 5 nitrogen and oxygen atoms in total. The Morgan fingerprint density at radius 1 is 1.26 bits per heavy atom. The third-order valence-corrected chi connectivity index (χ3v) is 6.40. The van der Waals surface area contributed by atoms with Gasteiger partial charge in [0.15, 0.2) is 0 Å². The van der Waals surface area contributed by atoms with Crippen LogP contribution in [0.4, 0.5) is 10.1 Å². The van der Waals surface area contributed by atoms with Gasteiger partial charge >= 0.3 is 0 Å². The predicted octanol–water partition coefficient (Wildman–Crippen LogP) is 2.82. The topological polar surface area (TPSA) is 67.6 Å². The summed E-state index contributed by atoms with van der Waals surface area (Å²) in [5.41, 5.74) is 0.843. The van der Waals surface area contributed by atoms with Crippen LogP contribution in [-0.4, -0.2) is 47.2 Å². The maximum atomic E-state index is 14.4. The number of fused-ring (bicyclic) bond motifs is 2. The molecule has 3 aliphatic rings. The Morgan fingerprint density at radius 2 is 2.00 bits per heavy atom. The van der Waals surface area contributed by atoms with Crippen molar-refractivity contribution in [3.63, 3.8) is 0 Å². The number of hydrogen-bond donors (Lipinski definition) is 1. The molecule has 27 heavy (non-hydrogen) atoms. The number of aliphatic hydroxyl groups excluding tert-OH is 1. The molecular formula is C21H26FN3O2. The van der Waals surface area contributed by atoms with Gasteiger partial charge in [-0.2, -0.15) is 5.26 Å². The minimum atomic E-state index is -0.371. The van der Waals surface area contributed by atoms with E-state index in [-0.39, 0.29) is 35.8 Å². The highest BCUT2D eigenvalue weighted by Crippen LogP contribution is 2.37. The van der Waals surface area contributed by atoms with Crippen LogP contribution in [0.1, 0.15) is 50.5 Å². The Labute approximate surface area is 159 Å². The molecule has 3 saturated heterocycles. The van der Waals surface area contributed by atoms with Crippen molar-refractivity contribution < 1.29 is 14.3 Å². The summed E-state index contributed by atoms with van der Waals surface area (Å²) >= 11 is 0. The van der Waals surface area contributed by atoms with E-state index >= 15 is 0 Å². The molecule has 3 atom stereocenters. The highest BCUT2D eigenvalue weighted by atomic mass is 19.1. The number of aliphatic hydroxyl groups is 1. The van der Waals surface area contributed by atoms with Gasteiger partial charge in [-0.3, -0.25) is 4.79 Å². The zero-order valence-corrected chi connectivity index (χ0v) is 15.5. The summed E-state index contributed by atoms with van der Waals surface area (Å²) in [6, 6.07) is 6.94. The normalized spacial score (nSPS) is 30.3. The van der Waals surface area contributed by atoms with Gasteiger partial charge in [0.25, 0.3) is 0 Å². The number of hydrogen-bond acceptors (Lipinski definition) is 4. The summed E-state index contributed by atoms with van der Waals surface area (Å²) < 4.78 is 14.4. The number of piperidine rings is 2. The number of benzene rings is 1. The summed E-state index contributed by atoms with van der Waals surface area (Å²) in [5.74, 6) is 0.0400. The van der Waals surface area contributed by atoms with Gasteiger partial charge in [0.2, 0.25) is 5.91 Å². The molecule has 4 rings (SSSR count). The Bertz CT molecular complexity index is 748. The molecule has 3 heterocycles. The van der Waals surface area contributed by atoms with Crippen molar-refractivity contribution >= 4 is 11.6 Å². The first-order chi connectivity index (χ1) is 13.0. The van der Waals surface area contributed by atoms with Gasteiger partial charge in [0.05, 0.1) is 23.4 Å². The summed E-state index contributed by atoms with van der Waals surface area (Å²) in [4.78, 5) is 17.0. The van der Waals surface area contributed by atoms with Crippen molar-refractivity contribution in [2.45, 2.75) is 63.1 Å². The molecule has 0 aliphatic carbocycles. The number of anilines is 1. The molecule has 2 bridgehead atoms. The first-order valence-electron chi connectivity index (χ1n) is 9.99. The third-order valence-electron chi connectivity index (χ3n) is 6.40. The third kappa shape index (κ3) is 3.66. The van der Waals surface area contributed by atoms with E-state index in [9.17, 15) is 14.3 Å². The molecule has 1 amide bonds. The fraction of sp³-hybridized carbons (Fsp3) is 0.619. The van der Waals surface area contributed by atoms with Crippen molar-refractivity contribution in [1.29, 1.82) is 5.26 Å². The largest absolute Gasteiger partial charge is 0.393 e. The highest BCUT2D eigenvalue weighted by molar-refractivity contribution is 5.78. The molecule has 1 N–H and O–H groups in total. The summed E-state index contributed by atoms with van der Waals surface area (Å²) in [5, 5.41) is 18.8. The van der Waals surface area contributed by atoms with Gasteiger partial charge in [0, 0.05) is 31.6 Å². The van der Waals surface area contributed by atoms with Crippen LogP contribution in [0.2, 0.25) is 0 Å². The van der Waals surface area contributed by atoms with Crippen LogP contribution in [-0.2, 0) is 4.79 Å². The molecule has 1 aromatic rings. The molecule has 0 radical (unpaired) electrons. The molecule has 0 spiro atoms. The molecule has 3 aliphatic heterocycles. The van der Waals surface area contributed by atoms with E-state index in [1.54, 1.807) is 12.1 Å². The molecule has 0 saturated carbocycles. The number of nitrogens with zero attached hydrogens (tertiary/aromatic N) is 3. The lowest BCUT2D eigenvalue weighted by Gasteiger charge is -2.39. The molecular weight excluding hydrogens is 345 g/mol. The summed E-state index contributed by atoms with van der Waals surface area (Å²) in [7, 11) is 0. The maximum Gasteiger partial charge on any atom is 0.223 e. The molecule has 3 unspecified atom stereocenters. The molecule has 6 heteroatoms. The van der Waals surface area contributed by atoms with E-state index < -0.39 is 0 Å². The molecule has 0 aromatic heterocycles. The first kappa shape index (κ1) is 18.2. The quantitative estimate of drug-likeness (QED) is 0.887. The van der Waals surface area contributed by atoms with Crippen LogP contribution in [0.25, 0.3) is 0 Å². The highest BCUT2D eigenvalue weighted by Gasteiger charge is 2.43. The fourth-order valence-corrected chi connectivity index (χ4v) is 5.19. The lowest BCUT2D eigenvalue weighted by Crippen LogP contribution is -2.49. The van der Waals surface area contributed by atoms with Crippen LogP contribution in [0, 0.1) is 23.1 Å². The molecule has 144 valence electrons. The minimum absolute atomic E-state index is 0.196. The van der Waals surface area contributed by atoms with Crippen LogP contribution < -0.4 is 4.90 Å². The Balaban J connectivity index is 1.40. The van der Waals surface area contributed by atoms with E-state index in [2.05, 4.69) is 0 Å². The lowest BCUT2D eigenvalue weighted by atomic mass is 9.92. The van der Waals surface area contributed by atoms with Crippen molar-refractivity contribution in [2.24, 2.45) is 5.92 Å². The van der Waals surface area contributed by atoms with Crippen molar-refractivity contribution in [3.8, 4) is 6.07 Å². The van der Waals surface area contributed by atoms with Crippen LogP contribution >= 0.6 is 0 Å². The van der Waals surface area contributed by atoms with E-state index in [0.29, 0.717) is 37.1 Å². The number of amides is 1. The smallest absolute Gasteiger partial charge is 0.223 e. The number of halogens is 1. The monoisotopic (exact) mass is 371 g/mol. The number of carbonyl (C=O) groups excluding carboxylic acids is 1. The van der Waals surface area contributed by atoms with Gasteiger partial charge in [-0.15, -0.1) is 0 Å². The van der Waals surface area contributed by atoms with Gasteiger partial charge in [-0.05, 0) is 62.6 Å². The molecule has 1 aromatic carbocycles. The molecule has 3 fully saturated rings. The fourth-order valence-electron chi connectivity index (χ4n) is 5.19. The van der Waals surface area contributed by atoms with E-state index in [4.69, 9.17) is 5.26 Å². The van der Waals surface area contributed by atoms with Gasteiger partial charge in [-0.1, -0.05) is 0 Å². The summed E-state index contributed by atoms with van der Waals surface area (Å²) in [6.45, 7) is 1.44. The standard InChI is InChI=1S/C21H26FN3O2/c22-19-8-14(12-23)3-6-20(19)24-7-1-2-15(13-24)9-21(27)25-16-4-5-17(25)11-18(26)10-16/h3,6,8,15-18,26H,1-2,4-5,7,9-11,13H2. The zero-order valence-electron chi connectivity index (χ0n) is 15.5. The average Bonchev–Trinajstić information content (AvgIpc) is 2.93. The number of rotatable bonds is 3. The van der Waals surface area contributed by atoms with Gasteiger partial charge < -0.3 is 14.9 Å². The Hall–Kier alpha value is -2.13. The summed E-state index contributed by atoms with van der Waals surface area (Å²) in [6.07, 6.45) is 5.55. The SMILES string of the molecule is N#Cc1ccc(N2CCCC(CC(=O)N3C4CCC3CC(O)C4)C2)c(F)c1. The second kappa shape index (κ2) is 7.47. The second-order valence-corrected chi connectivity index (χ2v) is 8.25. The Kier molecular flexibility index (Phi) is 5.05. The van der Waals surface area contributed by atoms with Crippen LogP contribution in [0.3, 0.4) is 0 Å². The first-order valence-corrected chi connectivity index (χ1v) is 9.99. The average molecular weight is 371 g/mol. The lowest BCUT2D eigenvalue weighted by molar-refractivity contribution is -0.138. The van der Waals surface area contributed by atoms with Crippen molar-refractivity contribution in [1.82, 2.24) is 4.90 Å². The zero-order chi connectivity index (χ0) is 19.0. The van der Waals surface area contributed by atoms with Crippen molar-refractivity contribution in [3.05, 3.63) is 29.6 Å². The predicted molar refractivity (Wildman–Crippen MR) is 99.6 cm³/mol. The van der Waals surface area contributed by atoms with E-state index in [1.165, 1.54) is 6.07 Å². The van der Waals surface area contributed by atoms with Crippen LogP contribution in [0.15, 0.2) is 18.2 Å². The number of nitriles is 1. The van der Waals surface area contributed by atoms with E-state index in [0.717, 1.165) is 32.2 Å².